The molecule has 1 rings (SSSR count). The molecule has 94 valence electrons. The lowest BCUT2D eigenvalue weighted by atomic mass is 9.84. The van der Waals surface area contributed by atoms with Gasteiger partial charge in [-0.15, -0.1) is 0 Å². The second-order valence-electron chi connectivity index (χ2n) is 5.11. The molecule has 0 fully saturated rings. The maximum absolute atomic E-state index is 11.4. The summed E-state index contributed by atoms with van der Waals surface area (Å²) in [6, 6.07) is 6.90. The largest absolute Gasteiger partial charge is 0.462 e. The van der Waals surface area contributed by atoms with Crippen LogP contribution in [0.25, 0.3) is 0 Å². The number of ether oxygens (including phenoxy) is 1. The van der Waals surface area contributed by atoms with Gasteiger partial charge in [-0.25, -0.2) is 4.79 Å². The molecular weight excluding hydrogens is 216 g/mol. The van der Waals surface area contributed by atoms with Gasteiger partial charge in [-0.05, 0) is 30.0 Å². The fourth-order valence-electron chi connectivity index (χ4n) is 1.52. The molecular formula is C14H20O3. The number of rotatable bonds is 3. The quantitative estimate of drug-likeness (QED) is 0.821. The predicted molar refractivity (Wildman–Crippen MR) is 66.8 cm³/mol. The standard InChI is InChI=1S/C14H20O3/c1-5-17-13(16)11-8-6-10(7-9-11)12(15)14(2,3)4/h6-9,12,15H,5H2,1-4H3/t12-/m0/s1. The van der Waals surface area contributed by atoms with Gasteiger partial charge in [-0.3, -0.25) is 0 Å². The highest BCUT2D eigenvalue weighted by atomic mass is 16.5. The van der Waals surface area contributed by atoms with Gasteiger partial charge in [0.25, 0.3) is 0 Å². The molecule has 0 spiro atoms. The number of carbonyl (C=O) groups excluding carboxylic acids is 1. The summed E-state index contributed by atoms with van der Waals surface area (Å²) in [5.41, 5.74) is 1.10. The fourth-order valence-corrected chi connectivity index (χ4v) is 1.52. The van der Waals surface area contributed by atoms with Crippen molar-refractivity contribution in [2.75, 3.05) is 6.61 Å². The van der Waals surface area contributed by atoms with Crippen molar-refractivity contribution in [1.82, 2.24) is 0 Å². The Balaban J connectivity index is 2.85. The van der Waals surface area contributed by atoms with E-state index >= 15 is 0 Å². The van der Waals surface area contributed by atoms with E-state index in [1.165, 1.54) is 0 Å². The number of esters is 1. The molecule has 1 aromatic rings. The minimum absolute atomic E-state index is 0.217. The van der Waals surface area contributed by atoms with Crippen molar-refractivity contribution < 1.29 is 14.6 Å². The summed E-state index contributed by atoms with van der Waals surface area (Å²) in [6.07, 6.45) is -0.543. The van der Waals surface area contributed by atoms with E-state index < -0.39 is 6.10 Å². The Labute approximate surface area is 102 Å². The Hall–Kier alpha value is -1.35. The van der Waals surface area contributed by atoms with Crippen LogP contribution in [0.1, 0.15) is 49.7 Å². The van der Waals surface area contributed by atoms with Crippen LogP contribution >= 0.6 is 0 Å². The van der Waals surface area contributed by atoms with Gasteiger partial charge < -0.3 is 9.84 Å². The third kappa shape index (κ3) is 3.56. The van der Waals surface area contributed by atoms with E-state index in [0.29, 0.717) is 12.2 Å². The Morgan fingerprint density at radius 3 is 2.24 bits per heavy atom. The lowest BCUT2D eigenvalue weighted by Gasteiger charge is -2.26. The summed E-state index contributed by atoms with van der Waals surface area (Å²) in [5, 5.41) is 10.1. The van der Waals surface area contributed by atoms with E-state index in [1.54, 1.807) is 31.2 Å². The molecule has 0 unspecified atom stereocenters. The monoisotopic (exact) mass is 236 g/mol. The van der Waals surface area contributed by atoms with E-state index in [-0.39, 0.29) is 11.4 Å². The number of carbonyl (C=O) groups is 1. The van der Waals surface area contributed by atoms with Crippen LogP contribution in [0.3, 0.4) is 0 Å². The normalized spacial score (nSPS) is 13.2. The van der Waals surface area contributed by atoms with Crippen molar-refractivity contribution >= 4 is 5.97 Å². The Morgan fingerprint density at radius 1 is 1.29 bits per heavy atom. The summed E-state index contributed by atoms with van der Waals surface area (Å²) < 4.78 is 4.89. The van der Waals surface area contributed by atoms with Crippen LogP contribution in [-0.2, 0) is 4.74 Å². The molecule has 0 radical (unpaired) electrons. The van der Waals surface area contributed by atoms with Gasteiger partial charge in [0.2, 0.25) is 0 Å². The molecule has 0 aliphatic heterocycles. The Morgan fingerprint density at radius 2 is 1.82 bits per heavy atom. The van der Waals surface area contributed by atoms with Gasteiger partial charge >= 0.3 is 5.97 Å². The third-order valence-electron chi connectivity index (χ3n) is 2.56. The second-order valence-corrected chi connectivity index (χ2v) is 5.11. The van der Waals surface area contributed by atoms with Crippen LogP contribution in [0.4, 0.5) is 0 Å². The van der Waals surface area contributed by atoms with Crippen LogP contribution in [0, 0.1) is 5.41 Å². The zero-order valence-corrected chi connectivity index (χ0v) is 10.9. The average molecular weight is 236 g/mol. The van der Waals surface area contributed by atoms with E-state index in [9.17, 15) is 9.90 Å². The smallest absolute Gasteiger partial charge is 0.338 e. The number of hydrogen-bond acceptors (Lipinski definition) is 3. The number of hydrogen-bond donors (Lipinski definition) is 1. The first kappa shape index (κ1) is 13.7. The molecule has 1 atom stereocenters. The summed E-state index contributed by atoms with van der Waals surface area (Å²) in [5.74, 6) is -0.329. The van der Waals surface area contributed by atoms with E-state index in [2.05, 4.69) is 0 Å². The minimum Gasteiger partial charge on any atom is -0.462 e. The molecule has 0 heterocycles. The van der Waals surface area contributed by atoms with Crippen LogP contribution in [0.5, 0.6) is 0 Å². The molecule has 0 aliphatic carbocycles. The summed E-state index contributed by atoms with van der Waals surface area (Å²) in [6.45, 7) is 8.05. The number of aliphatic hydroxyl groups is 1. The number of benzene rings is 1. The molecule has 17 heavy (non-hydrogen) atoms. The topological polar surface area (TPSA) is 46.5 Å². The molecule has 0 saturated carbocycles. The highest BCUT2D eigenvalue weighted by Gasteiger charge is 2.23. The third-order valence-corrected chi connectivity index (χ3v) is 2.56. The molecule has 0 aromatic heterocycles. The zero-order chi connectivity index (χ0) is 13.1. The highest BCUT2D eigenvalue weighted by molar-refractivity contribution is 5.89. The molecule has 3 nitrogen and oxygen atoms in total. The zero-order valence-electron chi connectivity index (χ0n) is 10.9. The number of aliphatic hydroxyl groups excluding tert-OH is 1. The SMILES string of the molecule is CCOC(=O)c1ccc([C@H](O)C(C)(C)C)cc1. The molecule has 1 aromatic carbocycles. The van der Waals surface area contributed by atoms with Crippen molar-refractivity contribution in [3.8, 4) is 0 Å². The Bertz CT molecular complexity index is 373. The second kappa shape index (κ2) is 5.32. The fraction of sp³-hybridized carbons (Fsp3) is 0.500. The lowest BCUT2D eigenvalue weighted by molar-refractivity contribution is 0.0524. The molecule has 0 aliphatic rings. The van der Waals surface area contributed by atoms with Gasteiger partial charge in [-0.1, -0.05) is 32.9 Å². The van der Waals surface area contributed by atoms with Crippen molar-refractivity contribution in [3.05, 3.63) is 35.4 Å². The first-order valence-electron chi connectivity index (χ1n) is 5.81. The van der Waals surface area contributed by atoms with Crippen LogP contribution in [-0.4, -0.2) is 17.7 Å². The highest BCUT2D eigenvalue weighted by Crippen LogP contribution is 2.32. The maximum atomic E-state index is 11.4. The predicted octanol–water partition coefficient (Wildman–Crippen LogP) is 2.94. The first-order valence-corrected chi connectivity index (χ1v) is 5.81. The molecule has 0 amide bonds. The summed E-state index contributed by atoms with van der Waals surface area (Å²) >= 11 is 0. The molecule has 1 N–H and O–H groups in total. The van der Waals surface area contributed by atoms with Crippen LogP contribution in [0.15, 0.2) is 24.3 Å². The Kier molecular flexibility index (Phi) is 4.29. The van der Waals surface area contributed by atoms with Gasteiger partial charge in [0, 0.05) is 0 Å². The van der Waals surface area contributed by atoms with Crippen molar-refractivity contribution in [2.45, 2.75) is 33.8 Å². The lowest BCUT2D eigenvalue weighted by Crippen LogP contribution is -2.17. The molecule has 3 heteroatoms. The maximum Gasteiger partial charge on any atom is 0.338 e. The van der Waals surface area contributed by atoms with Crippen molar-refractivity contribution in [2.24, 2.45) is 5.41 Å². The van der Waals surface area contributed by atoms with Gasteiger partial charge in [0.15, 0.2) is 0 Å². The summed E-state index contributed by atoms with van der Waals surface area (Å²) in [4.78, 5) is 11.4. The van der Waals surface area contributed by atoms with E-state index in [1.807, 2.05) is 20.8 Å². The molecule has 0 saturated heterocycles. The van der Waals surface area contributed by atoms with Gasteiger partial charge in [0.1, 0.15) is 0 Å². The van der Waals surface area contributed by atoms with Crippen molar-refractivity contribution in [3.63, 3.8) is 0 Å². The average Bonchev–Trinajstić information content (AvgIpc) is 2.27. The molecule has 0 bridgehead atoms. The van der Waals surface area contributed by atoms with Gasteiger partial charge in [0.05, 0.1) is 18.3 Å². The van der Waals surface area contributed by atoms with Gasteiger partial charge in [-0.2, -0.15) is 0 Å². The van der Waals surface area contributed by atoms with E-state index in [0.717, 1.165) is 5.56 Å². The van der Waals surface area contributed by atoms with Crippen molar-refractivity contribution in [1.29, 1.82) is 0 Å². The van der Waals surface area contributed by atoms with E-state index in [4.69, 9.17) is 4.74 Å². The van der Waals surface area contributed by atoms with Crippen LogP contribution < -0.4 is 0 Å². The first-order chi connectivity index (χ1) is 7.86. The van der Waals surface area contributed by atoms with Crippen LogP contribution in [0.2, 0.25) is 0 Å². The minimum atomic E-state index is -0.543. The summed E-state index contributed by atoms with van der Waals surface area (Å²) in [7, 11) is 0.